The highest BCUT2D eigenvalue weighted by molar-refractivity contribution is 6.31. The second-order valence-electron chi connectivity index (χ2n) is 7.43. The van der Waals surface area contributed by atoms with Gasteiger partial charge in [0.25, 0.3) is 11.8 Å². The molecule has 8 nitrogen and oxygen atoms in total. The second-order valence-corrected chi connectivity index (χ2v) is 7.84. The van der Waals surface area contributed by atoms with Crippen molar-refractivity contribution in [2.75, 3.05) is 16.8 Å². The number of carbonyl (C=O) groups excluding carboxylic acids is 3. The van der Waals surface area contributed by atoms with Gasteiger partial charge in [0.15, 0.2) is 12.1 Å². The van der Waals surface area contributed by atoms with Gasteiger partial charge in [0.2, 0.25) is 5.91 Å². The molecule has 2 aliphatic heterocycles. The van der Waals surface area contributed by atoms with Crippen molar-refractivity contribution >= 4 is 40.7 Å². The monoisotopic (exact) mass is 425 g/mol. The minimum atomic E-state index is -0.945. The molecule has 1 fully saturated rings. The quantitative estimate of drug-likeness (QED) is 0.761. The Hall–Kier alpha value is -3.26. The predicted molar refractivity (Wildman–Crippen MR) is 112 cm³/mol. The lowest BCUT2D eigenvalue weighted by molar-refractivity contribution is -0.123. The Kier molecular flexibility index (Phi) is 5.03. The van der Waals surface area contributed by atoms with Gasteiger partial charge in [-0.25, -0.2) is 4.90 Å². The summed E-state index contributed by atoms with van der Waals surface area (Å²) in [5.41, 5.74) is 3.84. The molecule has 0 bridgehead atoms. The summed E-state index contributed by atoms with van der Waals surface area (Å²) in [6.45, 7) is 5.46. The third-order valence-corrected chi connectivity index (χ3v) is 5.86. The van der Waals surface area contributed by atoms with Crippen molar-refractivity contribution in [3.63, 3.8) is 0 Å². The van der Waals surface area contributed by atoms with Crippen LogP contribution in [0.15, 0.2) is 46.7 Å². The van der Waals surface area contributed by atoms with E-state index in [0.717, 1.165) is 21.6 Å². The molecule has 2 aromatic carbocycles. The summed E-state index contributed by atoms with van der Waals surface area (Å²) in [5.74, 6) is -1.26. The van der Waals surface area contributed by atoms with E-state index in [2.05, 4.69) is 15.7 Å². The number of nitrogens with one attached hydrogen (secondary N) is 1. The molecule has 0 aliphatic carbocycles. The Morgan fingerprint density at radius 3 is 2.60 bits per heavy atom. The van der Waals surface area contributed by atoms with E-state index >= 15 is 0 Å². The molecule has 3 amide bonds. The van der Waals surface area contributed by atoms with Crippen LogP contribution in [0.4, 0.5) is 11.4 Å². The van der Waals surface area contributed by atoms with Crippen LogP contribution in [0.3, 0.4) is 0 Å². The Bertz CT molecular complexity index is 1100. The number of amides is 3. The van der Waals surface area contributed by atoms with Crippen LogP contribution in [-0.4, -0.2) is 41.4 Å². The Morgan fingerprint density at radius 2 is 1.87 bits per heavy atom. The molecule has 154 valence electrons. The third-order valence-electron chi connectivity index (χ3n) is 5.45. The zero-order valence-corrected chi connectivity index (χ0v) is 17.5. The molecule has 1 saturated heterocycles. The molecular formula is C21H20ClN5O3. The molecule has 0 radical (unpaired) electrons. The minimum Gasteiger partial charge on any atom is -0.324 e. The summed E-state index contributed by atoms with van der Waals surface area (Å²) in [4.78, 5) is 39.5. The highest BCUT2D eigenvalue weighted by Crippen LogP contribution is 2.32. The average molecular weight is 426 g/mol. The van der Waals surface area contributed by atoms with Crippen molar-refractivity contribution in [2.45, 2.75) is 32.9 Å². The first-order chi connectivity index (χ1) is 14.3. The van der Waals surface area contributed by atoms with Gasteiger partial charge < -0.3 is 5.32 Å². The molecular weight excluding hydrogens is 406 g/mol. The molecule has 0 saturated carbocycles. The summed E-state index contributed by atoms with van der Waals surface area (Å²) in [5, 5.41) is 12.4. The van der Waals surface area contributed by atoms with E-state index in [1.54, 1.807) is 37.3 Å². The SMILES string of the molecule is Cc1ccc(N2C(=O)[C@H]3N=NN(CC(=O)Nc4cccc(Cl)c4C)[C@@H]3C2=O)cc1C. The number of anilines is 2. The molecule has 1 N–H and O–H groups in total. The second kappa shape index (κ2) is 7.53. The first-order valence-electron chi connectivity index (χ1n) is 9.45. The van der Waals surface area contributed by atoms with E-state index in [4.69, 9.17) is 11.6 Å². The van der Waals surface area contributed by atoms with Crippen LogP contribution in [0.25, 0.3) is 0 Å². The topological polar surface area (TPSA) is 94.4 Å². The standard InChI is InChI=1S/C21H20ClN5O3/c1-11-7-8-14(9-12(11)2)27-20(29)18-19(21(27)30)26(25-24-18)10-17(28)23-16-6-4-5-15(22)13(16)3/h4-9,18-19H,10H2,1-3H3,(H,23,28)/t18-,19-/m0/s1. The van der Waals surface area contributed by atoms with E-state index in [1.807, 2.05) is 19.9 Å². The van der Waals surface area contributed by atoms with Gasteiger partial charge in [0.05, 0.1) is 5.69 Å². The van der Waals surface area contributed by atoms with Gasteiger partial charge in [-0.2, -0.15) is 5.11 Å². The maximum Gasteiger partial charge on any atom is 0.263 e. The smallest absolute Gasteiger partial charge is 0.263 e. The van der Waals surface area contributed by atoms with Gasteiger partial charge in [-0.05, 0) is 61.7 Å². The number of fused-ring (bicyclic) bond motifs is 1. The van der Waals surface area contributed by atoms with Crippen molar-refractivity contribution in [1.29, 1.82) is 0 Å². The van der Waals surface area contributed by atoms with E-state index in [-0.39, 0.29) is 12.5 Å². The van der Waals surface area contributed by atoms with Gasteiger partial charge in [0, 0.05) is 10.7 Å². The van der Waals surface area contributed by atoms with E-state index in [9.17, 15) is 14.4 Å². The summed E-state index contributed by atoms with van der Waals surface area (Å²) in [6.07, 6.45) is 0. The van der Waals surface area contributed by atoms with Crippen LogP contribution in [0.1, 0.15) is 16.7 Å². The zero-order valence-electron chi connectivity index (χ0n) is 16.7. The van der Waals surface area contributed by atoms with Gasteiger partial charge >= 0.3 is 0 Å². The lowest BCUT2D eigenvalue weighted by atomic mass is 10.1. The Labute approximate surface area is 178 Å². The fourth-order valence-corrected chi connectivity index (χ4v) is 3.73. The van der Waals surface area contributed by atoms with Crippen molar-refractivity contribution < 1.29 is 14.4 Å². The molecule has 0 unspecified atom stereocenters. The van der Waals surface area contributed by atoms with Crippen LogP contribution in [-0.2, 0) is 14.4 Å². The predicted octanol–water partition coefficient (Wildman–Crippen LogP) is 3.20. The molecule has 0 aromatic heterocycles. The molecule has 30 heavy (non-hydrogen) atoms. The molecule has 2 aliphatic rings. The van der Waals surface area contributed by atoms with Crippen LogP contribution in [0.2, 0.25) is 5.02 Å². The lowest BCUT2D eigenvalue weighted by Crippen LogP contribution is -2.43. The number of rotatable bonds is 4. The summed E-state index contributed by atoms with van der Waals surface area (Å²) in [6, 6.07) is 8.72. The van der Waals surface area contributed by atoms with Crippen LogP contribution >= 0.6 is 11.6 Å². The third kappa shape index (κ3) is 3.33. The number of hydrogen-bond acceptors (Lipinski definition) is 6. The maximum atomic E-state index is 13.0. The van der Waals surface area contributed by atoms with Crippen molar-refractivity contribution in [3.05, 3.63) is 58.1 Å². The fourth-order valence-electron chi connectivity index (χ4n) is 3.55. The summed E-state index contributed by atoms with van der Waals surface area (Å²) >= 11 is 6.09. The summed E-state index contributed by atoms with van der Waals surface area (Å²) in [7, 11) is 0. The van der Waals surface area contributed by atoms with Crippen LogP contribution < -0.4 is 10.2 Å². The average Bonchev–Trinajstić information content (AvgIpc) is 3.21. The Balaban J connectivity index is 1.51. The number of carbonyl (C=O) groups is 3. The normalized spacial score (nSPS) is 20.1. The highest BCUT2D eigenvalue weighted by Gasteiger charge is 2.55. The van der Waals surface area contributed by atoms with Gasteiger partial charge in [-0.3, -0.25) is 19.4 Å². The number of halogens is 1. The largest absolute Gasteiger partial charge is 0.324 e. The Morgan fingerprint density at radius 1 is 1.10 bits per heavy atom. The molecule has 2 heterocycles. The van der Waals surface area contributed by atoms with Crippen molar-refractivity contribution in [1.82, 2.24) is 5.01 Å². The van der Waals surface area contributed by atoms with Gasteiger partial charge in [-0.15, -0.1) is 0 Å². The first kappa shape index (κ1) is 20.0. The maximum absolute atomic E-state index is 13.0. The molecule has 4 rings (SSSR count). The van der Waals surface area contributed by atoms with Crippen LogP contribution in [0.5, 0.6) is 0 Å². The number of aryl methyl sites for hydroxylation is 2. The number of imide groups is 1. The molecule has 0 spiro atoms. The zero-order chi connectivity index (χ0) is 21.6. The minimum absolute atomic E-state index is 0.212. The van der Waals surface area contributed by atoms with Crippen molar-refractivity contribution in [3.8, 4) is 0 Å². The van der Waals surface area contributed by atoms with Gasteiger partial charge in [-0.1, -0.05) is 29.0 Å². The fraction of sp³-hybridized carbons (Fsp3) is 0.286. The van der Waals surface area contributed by atoms with Gasteiger partial charge in [0.1, 0.15) is 6.54 Å². The number of hydrogen-bond donors (Lipinski definition) is 1. The lowest BCUT2D eigenvalue weighted by Gasteiger charge is -2.21. The molecule has 9 heteroatoms. The molecule has 2 atom stereocenters. The van der Waals surface area contributed by atoms with Crippen molar-refractivity contribution in [2.24, 2.45) is 10.3 Å². The first-order valence-corrected chi connectivity index (χ1v) is 9.83. The summed E-state index contributed by atoms with van der Waals surface area (Å²) < 4.78 is 0. The van der Waals surface area contributed by atoms with Crippen LogP contribution in [0, 0.1) is 20.8 Å². The molecule has 2 aromatic rings. The number of benzene rings is 2. The van der Waals surface area contributed by atoms with E-state index < -0.39 is 23.9 Å². The highest BCUT2D eigenvalue weighted by atomic mass is 35.5. The van der Waals surface area contributed by atoms with E-state index in [0.29, 0.717) is 16.4 Å². The number of nitrogens with zero attached hydrogens (tertiary/aromatic N) is 4. The van der Waals surface area contributed by atoms with E-state index in [1.165, 1.54) is 5.01 Å².